The summed E-state index contributed by atoms with van der Waals surface area (Å²) >= 11 is 0. The lowest BCUT2D eigenvalue weighted by Crippen LogP contribution is -2.21. The van der Waals surface area contributed by atoms with Crippen molar-refractivity contribution in [1.82, 2.24) is 19.6 Å². The second-order valence-corrected chi connectivity index (χ2v) is 7.28. The zero-order valence-corrected chi connectivity index (χ0v) is 18.4. The molecule has 0 aliphatic rings. The fraction of sp³-hybridized carbons (Fsp3) is 0.136. The Bertz CT molecular complexity index is 1470. The third kappa shape index (κ3) is 4.87. The number of alkyl halides is 3. The molecule has 0 spiro atoms. The van der Waals surface area contributed by atoms with E-state index in [1.807, 2.05) is 0 Å². The Morgan fingerprint density at radius 3 is 2.61 bits per heavy atom. The summed E-state index contributed by atoms with van der Waals surface area (Å²) < 4.78 is 59.9. The number of anilines is 3. The predicted octanol–water partition coefficient (Wildman–Crippen LogP) is 4.35. The molecule has 3 heterocycles. The molecule has 0 saturated heterocycles. The van der Waals surface area contributed by atoms with Gasteiger partial charge in [-0.05, 0) is 36.8 Å². The van der Waals surface area contributed by atoms with Gasteiger partial charge in [-0.3, -0.25) is 5.32 Å². The molecular formula is C22H17F4N7O3. The molecule has 0 atom stereocenters. The number of pyridine rings is 1. The molecule has 0 fully saturated rings. The fourth-order valence-corrected chi connectivity index (χ4v) is 3.41. The first-order chi connectivity index (χ1) is 17.1. The molecule has 2 amide bonds. The van der Waals surface area contributed by atoms with Gasteiger partial charge >= 0.3 is 18.2 Å². The van der Waals surface area contributed by atoms with E-state index in [2.05, 4.69) is 25.7 Å². The molecule has 0 bridgehead atoms. The standard InChI is InChI=1S/C22H17F4N7O3/c1-2-36-20(34)13-9-33-18(19(27)29-10-30-33)17(13)11-3-4-15(14(23)7-11)31-21(35)32-16-8-12(5-6-28-16)22(24,25)26/h3-10H,2H2,1H3,(H2,27,29,30)(H2,28,31,32,35). The lowest BCUT2D eigenvalue weighted by atomic mass is 10.0. The first-order valence-corrected chi connectivity index (χ1v) is 10.3. The third-order valence-electron chi connectivity index (χ3n) is 4.93. The molecule has 4 rings (SSSR count). The van der Waals surface area contributed by atoms with E-state index in [0.29, 0.717) is 6.07 Å². The summed E-state index contributed by atoms with van der Waals surface area (Å²) in [5.41, 5.74) is 5.41. The Hall–Kier alpha value is -4.75. The van der Waals surface area contributed by atoms with Crippen LogP contribution in [0, 0.1) is 5.82 Å². The van der Waals surface area contributed by atoms with E-state index < -0.39 is 29.6 Å². The molecule has 3 aromatic heterocycles. The van der Waals surface area contributed by atoms with Gasteiger partial charge < -0.3 is 15.8 Å². The van der Waals surface area contributed by atoms with Gasteiger partial charge in [0.1, 0.15) is 23.5 Å². The van der Waals surface area contributed by atoms with E-state index in [4.69, 9.17) is 10.5 Å². The maximum Gasteiger partial charge on any atom is 0.416 e. The number of esters is 1. The maximum atomic E-state index is 15.0. The fourth-order valence-electron chi connectivity index (χ4n) is 3.41. The number of nitrogens with one attached hydrogen (secondary N) is 2. The molecule has 0 saturated carbocycles. The average Bonchev–Trinajstić information content (AvgIpc) is 3.21. The van der Waals surface area contributed by atoms with Gasteiger partial charge in [0.15, 0.2) is 5.82 Å². The van der Waals surface area contributed by atoms with Crippen molar-refractivity contribution in [3.05, 3.63) is 66.0 Å². The second kappa shape index (κ2) is 9.48. The van der Waals surface area contributed by atoms with E-state index in [-0.39, 0.29) is 46.1 Å². The van der Waals surface area contributed by atoms with Gasteiger partial charge in [0.2, 0.25) is 0 Å². The number of ether oxygens (including phenoxy) is 1. The molecule has 4 N–H and O–H groups in total. The van der Waals surface area contributed by atoms with Crippen LogP contribution in [0.3, 0.4) is 0 Å². The molecule has 4 aromatic rings. The molecule has 36 heavy (non-hydrogen) atoms. The zero-order valence-electron chi connectivity index (χ0n) is 18.4. The maximum absolute atomic E-state index is 15.0. The summed E-state index contributed by atoms with van der Waals surface area (Å²) in [5, 5.41) is 8.33. The monoisotopic (exact) mass is 503 g/mol. The van der Waals surface area contributed by atoms with Gasteiger partial charge in [0.25, 0.3) is 0 Å². The van der Waals surface area contributed by atoms with E-state index >= 15 is 0 Å². The zero-order chi connectivity index (χ0) is 26.0. The number of hydrogen-bond acceptors (Lipinski definition) is 7. The van der Waals surface area contributed by atoms with Crippen LogP contribution in [0.15, 0.2) is 49.1 Å². The van der Waals surface area contributed by atoms with Crippen molar-refractivity contribution in [2.45, 2.75) is 13.1 Å². The van der Waals surface area contributed by atoms with Crippen LogP contribution < -0.4 is 16.4 Å². The van der Waals surface area contributed by atoms with Crippen molar-refractivity contribution in [2.75, 3.05) is 23.0 Å². The molecule has 1 aromatic carbocycles. The Morgan fingerprint density at radius 1 is 1.14 bits per heavy atom. The highest BCUT2D eigenvalue weighted by Gasteiger charge is 2.31. The number of nitrogens with two attached hydrogens (primary N) is 1. The van der Waals surface area contributed by atoms with E-state index in [9.17, 15) is 27.2 Å². The largest absolute Gasteiger partial charge is 0.462 e. The Morgan fingerprint density at radius 2 is 1.92 bits per heavy atom. The molecule has 0 radical (unpaired) electrons. The minimum absolute atomic E-state index is 0.0334. The molecule has 0 unspecified atom stereocenters. The number of urea groups is 1. The van der Waals surface area contributed by atoms with E-state index in [1.165, 1.54) is 29.2 Å². The van der Waals surface area contributed by atoms with Crippen LogP contribution in [-0.2, 0) is 10.9 Å². The van der Waals surface area contributed by atoms with E-state index in [1.54, 1.807) is 6.92 Å². The van der Waals surface area contributed by atoms with Gasteiger partial charge in [0, 0.05) is 18.0 Å². The van der Waals surface area contributed by atoms with Gasteiger partial charge in [-0.1, -0.05) is 6.07 Å². The number of nitrogen functional groups attached to an aromatic ring is 1. The summed E-state index contributed by atoms with van der Waals surface area (Å²) in [6.07, 6.45) is -1.18. The van der Waals surface area contributed by atoms with Crippen molar-refractivity contribution < 1.29 is 31.9 Å². The number of fused-ring (bicyclic) bond motifs is 1. The molecule has 14 heteroatoms. The normalized spacial score (nSPS) is 11.4. The lowest BCUT2D eigenvalue weighted by Gasteiger charge is -2.11. The smallest absolute Gasteiger partial charge is 0.416 e. The Labute approximate surface area is 200 Å². The molecule has 10 nitrogen and oxygen atoms in total. The average molecular weight is 503 g/mol. The minimum atomic E-state index is -4.63. The predicted molar refractivity (Wildman–Crippen MR) is 121 cm³/mol. The number of hydrogen-bond donors (Lipinski definition) is 3. The van der Waals surface area contributed by atoms with Crippen molar-refractivity contribution >= 4 is 34.8 Å². The van der Waals surface area contributed by atoms with Crippen molar-refractivity contribution in [3.63, 3.8) is 0 Å². The summed E-state index contributed by atoms with van der Waals surface area (Å²) in [4.78, 5) is 32.3. The van der Waals surface area contributed by atoms with Crippen LogP contribution in [0.5, 0.6) is 0 Å². The Kier molecular flexibility index (Phi) is 6.42. The summed E-state index contributed by atoms with van der Waals surface area (Å²) in [7, 11) is 0. The van der Waals surface area contributed by atoms with Crippen LogP contribution in [0.4, 0.5) is 39.7 Å². The van der Waals surface area contributed by atoms with Gasteiger partial charge in [0.05, 0.1) is 23.4 Å². The molecule has 186 valence electrons. The minimum Gasteiger partial charge on any atom is -0.462 e. The second-order valence-electron chi connectivity index (χ2n) is 7.28. The summed E-state index contributed by atoms with van der Waals surface area (Å²) in [6, 6.07) is 4.03. The number of carbonyl (C=O) groups is 2. The first-order valence-electron chi connectivity index (χ1n) is 10.3. The third-order valence-corrected chi connectivity index (χ3v) is 4.93. The van der Waals surface area contributed by atoms with Crippen LogP contribution in [0.25, 0.3) is 16.6 Å². The van der Waals surface area contributed by atoms with E-state index in [0.717, 1.165) is 18.3 Å². The lowest BCUT2D eigenvalue weighted by molar-refractivity contribution is -0.137. The number of aromatic nitrogens is 4. The number of benzene rings is 1. The van der Waals surface area contributed by atoms with Crippen molar-refractivity contribution in [2.24, 2.45) is 0 Å². The molecule has 0 aliphatic heterocycles. The Balaban J connectivity index is 1.63. The molecular weight excluding hydrogens is 486 g/mol. The highest BCUT2D eigenvalue weighted by Crippen LogP contribution is 2.34. The number of rotatable bonds is 5. The van der Waals surface area contributed by atoms with Gasteiger partial charge in [-0.25, -0.2) is 28.5 Å². The topological polar surface area (TPSA) is 137 Å². The number of carbonyl (C=O) groups excluding carboxylic acids is 2. The van der Waals surface area contributed by atoms with Crippen molar-refractivity contribution in [3.8, 4) is 11.1 Å². The summed E-state index contributed by atoms with van der Waals surface area (Å²) in [6.45, 7) is 1.72. The number of amides is 2. The van der Waals surface area contributed by atoms with Crippen LogP contribution in [0.1, 0.15) is 22.8 Å². The van der Waals surface area contributed by atoms with Crippen LogP contribution >= 0.6 is 0 Å². The van der Waals surface area contributed by atoms with Crippen LogP contribution in [-0.4, -0.2) is 38.2 Å². The van der Waals surface area contributed by atoms with Gasteiger partial charge in [-0.2, -0.15) is 18.3 Å². The van der Waals surface area contributed by atoms with Gasteiger partial charge in [-0.15, -0.1) is 0 Å². The number of halogens is 4. The first kappa shape index (κ1) is 24.4. The molecule has 0 aliphatic carbocycles. The SMILES string of the molecule is CCOC(=O)c1cn2ncnc(N)c2c1-c1ccc(NC(=O)Nc2cc(C(F)(F)F)ccn2)c(F)c1. The number of nitrogens with zero attached hydrogens (tertiary/aromatic N) is 4. The summed E-state index contributed by atoms with van der Waals surface area (Å²) in [5.74, 6) is -1.93. The van der Waals surface area contributed by atoms with Crippen LogP contribution in [0.2, 0.25) is 0 Å². The van der Waals surface area contributed by atoms with Crippen molar-refractivity contribution in [1.29, 1.82) is 0 Å². The highest BCUT2D eigenvalue weighted by molar-refractivity contribution is 6.05. The quantitative estimate of drug-likeness (QED) is 0.272. The highest BCUT2D eigenvalue weighted by atomic mass is 19.4.